The van der Waals surface area contributed by atoms with Gasteiger partial charge in [-0.25, -0.2) is 4.79 Å². The predicted molar refractivity (Wildman–Crippen MR) is 63.6 cm³/mol. The molecule has 4 heteroatoms. The molecular formula is C13H18O4. The van der Waals surface area contributed by atoms with Gasteiger partial charge < -0.3 is 14.2 Å². The monoisotopic (exact) mass is 238 g/mol. The molecule has 0 amide bonds. The van der Waals surface area contributed by atoms with Gasteiger partial charge in [0.15, 0.2) is 0 Å². The molecule has 94 valence electrons. The Bertz CT molecular complexity index is 310. The fourth-order valence-electron chi connectivity index (χ4n) is 1.24. The zero-order chi connectivity index (χ0) is 12.3. The number of carbonyl (C=O) groups is 1. The fourth-order valence-corrected chi connectivity index (χ4v) is 1.24. The largest absolute Gasteiger partial charge is 0.464 e. The number of benzene rings is 1. The Morgan fingerprint density at radius 2 is 1.82 bits per heavy atom. The van der Waals surface area contributed by atoms with Gasteiger partial charge in [0.05, 0.1) is 26.4 Å². The van der Waals surface area contributed by atoms with Crippen LogP contribution in [-0.4, -0.2) is 32.4 Å². The first-order valence-electron chi connectivity index (χ1n) is 5.68. The number of hydrogen-bond donors (Lipinski definition) is 0. The van der Waals surface area contributed by atoms with Gasteiger partial charge in [-0.1, -0.05) is 30.3 Å². The quantitative estimate of drug-likeness (QED) is 0.511. The van der Waals surface area contributed by atoms with Gasteiger partial charge in [-0.05, 0) is 12.5 Å². The second-order valence-electron chi connectivity index (χ2n) is 3.40. The molecule has 4 nitrogen and oxygen atoms in total. The van der Waals surface area contributed by atoms with E-state index in [0.717, 1.165) is 5.56 Å². The first-order chi connectivity index (χ1) is 8.33. The molecule has 0 radical (unpaired) electrons. The van der Waals surface area contributed by atoms with E-state index in [1.807, 2.05) is 30.3 Å². The van der Waals surface area contributed by atoms with E-state index in [-0.39, 0.29) is 12.6 Å². The van der Waals surface area contributed by atoms with Crippen LogP contribution in [0.25, 0.3) is 0 Å². The van der Waals surface area contributed by atoms with Crippen LogP contribution in [0.4, 0.5) is 0 Å². The third-order valence-electron chi connectivity index (χ3n) is 2.01. The van der Waals surface area contributed by atoms with Crippen molar-refractivity contribution in [2.45, 2.75) is 13.5 Å². The molecule has 0 saturated carbocycles. The molecule has 0 N–H and O–H groups in total. The van der Waals surface area contributed by atoms with E-state index in [1.165, 1.54) is 0 Å². The summed E-state index contributed by atoms with van der Waals surface area (Å²) in [6.07, 6.45) is 0. The highest BCUT2D eigenvalue weighted by atomic mass is 16.6. The lowest BCUT2D eigenvalue weighted by molar-refractivity contribution is -0.148. The summed E-state index contributed by atoms with van der Waals surface area (Å²) in [5, 5.41) is 0. The molecule has 0 aliphatic carbocycles. The second-order valence-corrected chi connectivity index (χ2v) is 3.40. The van der Waals surface area contributed by atoms with E-state index in [4.69, 9.17) is 14.2 Å². The molecule has 0 aliphatic rings. The van der Waals surface area contributed by atoms with Crippen LogP contribution in [0.15, 0.2) is 30.3 Å². The third-order valence-corrected chi connectivity index (χ3v) is 2.01. The average Bonchev–Trinajstić information content (AvgIpc) is 2.35. The Kier molecular flexibility index (Phi) is 7.02. The average molecular weight is 238 g/mol. The molecule has 0 heterocycles. The van der Waals surface area contributed by atoms with E-state index < -0.39 is 0 Å². The van der Waals surface area contributed by atoms with Crippen molar-refractivity contribution >= 4 is 5.97 Å². The SMILES string of the molecule is CCOC(=O)COCCOCc1ccccc1. The maximum absolute atomic E-state index is 10.9. The highest BCUT2D eigenvalue weighted by molar-refractivity contribution is 5.70. The molecule has 0 bridgehead atoms. The molecule has 17 heavy (non-hydrogen) atoms. The van der Waals surface area contributed by atoms with E-state index in [0.29, 0.717) is 26.4 Å². The normalized spacial score (nSPS) is 10.2. The maximum Gasteiger partial charge on any atom is 0.332 e. The second kappa shape index (κ2) is 8.73. The van der Waals surface area contributed by atoms with Crippen LogP contribution in [0.1, 0.15) is 12.5 Å². The van der Waals surface area contributed by atoms with Crippen molar-refractivity contribution in [3.05, 3.63) is 35.9 Å². The van der Waals surface area contributed by atoms with E-state index in [9.17, 15) is 4.79 Å². The Hall–Kier alpha value is -1.39. The molecular weight excluding hydrogens is 220 g/mol. The van der Waals surface area contributed by atoms with Gasteiger partial charge in [0, 0.05) is 0 Å². The first-order valence-corrected chi connectivity index (χ1v) is 5.68. The van der Waals surface area contributed by atoms with Crippen LogP contribution in [0.5, 0.6) is 0 Å². The van der Waals surface area contributed by atoms with Crippen LogP contribution in [0.3, 0.4) is 0 Å². The Morgan fingerprint density at radius 3 is 2.53 bits per heavy atom. The van der Waals surface area contributed by atoms with Gasteiger partial charge in [-0.2, -0.15) is 0 Å². The first kappa shape index (κ1) is 13.7. The van der Waals surface area contributed by atoms with Gasteiger partial charge in [0.2, 0.25) is 0 Å². The van der Waals surface area contributed by atoms with Crippen molar-refractivity contribution in [1.29, 1.82) is 0 Å². The summed E-state index contributed by atoms with van der Waals surface area (Å²) in [7, 11) is 0. The van der Waals surface area contributed by atoms with Crippen molar-refractivity contribution in [3.8, 4) is 0 Å². The summed E-state index contributed by atoms with van der Waals surface area (Å²) in [5.74, 6) is -0.337. The molecule has 0 saturated heterocycles. The van der Waals surface area contributed by atoms with E-state index >= 15 is 0 Å². The molecule has 1 aromatic carbocycles. The van der Waals surface area contributed by atoms with Gasteiger partial charge in [-0.3, -0.25) is 0 Å². The number of hydrogen-bond acceptors (Lipinski definition) is 4. The zero-order valence-electron chi connectivity index (χ0n) is 10.1. The highest BCUT2D eigenvalue weighted by Crippen LogP contribution is 1.99. The van der Waals surface area contributed by atoms with Crippen molar-refractivity contribution < 1.29 is 19.0 Å². The molecule has 1 rings (SSSR count). The summed E-state index contributed by atoms with van der Waals surface area (Å²) in [6, 6.07) is 9.90. The van der Waals surface area contributed by atoms with E-state index in [2.05, 4.69) is 0 Å². The minimum absolute atomic E-state index is 0.0114. The van der Waals surface area contributed by atoms with Gasteiger partial charge in [0.25, 0.3) is 0 Å². The molecule has 0 aromatic heterocycles. The number of esters is 1. The van der Waals surface area contributed by atoms with Crippen LogP contribution in [0, 0.1) is 0 Å². The maximum atomic E-state index is 10.9. The standard InChI is InChI=1S/C13H18O4/c1-2-17-13(14)11-16-9-8-15-10-12-6-4-3-5-7-12/h3-7H,2,8-11H2,1H3. The summed E-state index contributed by atoms with van der Waals surface area (Å²) in [4.78, 5) is 10.9. The molecule has 1 aromatic rings. The van der Waals surface area contributed by atoms with Crippen molar-refractivity contribution in [3.63, 3.8) is 0 Å². The van der Waals surface area contributed by atoms with Gasteiger partial charge in [0.1, 0.15) is 6.61 Å². The van der Waals surface area contributed by atoms with Crippen LogP contribution in [0.2, 0.25) is 0 Å². The van der Waals surface area contributed by atoms with Crippen molar-refractivity contribution in [2.24, 2.45) is 0 Å². The van der Waals surface area contributed by atoms with Crippen LogP contribution in [-0.2, 0) is 25.6 Å². The lowest BCUT2D eigenvalue weighted by Crippen LogP contribution is -2.14. The lowest BCUT2D eigenvalue weighted by atomic mass is 10.2. The summed E-state index contributed by atoms with van der Waals surface area (Å²) >= 11 is 0. The molecule has 0 atom stereocenters. The van der Waals surface area contributed by atoms with Crippen LogP contribution >= 0.6 is 0 Å². The minimum Gasteiger partial charge on any atom is -0.464 e. The third kappa shape index (κ3) is 6.71. The highest BCUT2D eigenvalue weighted by Gasteiger charge is 2.00. The Morgan fingerprint density at radius 1 is 1.12 bits per heavy atom. The van der Waals surface area contributed by atoms with Crippen LogP contribution < -0.4 is 0 Å². The topological polar surface area (TPSA) is 44.8 Å². The van der Waals surface area contributed by atoms with Gasteiger partial charge >= 0.3 is 5.97 Å². The smallest absolute Gasteiger partial charge is 0.332 e. The molecule has 0 aliphatic heterocycles. The lowest BCUT2D eigenvalue weighted by Gasteiger charge is -2.05. The van der Waals surface area contributed by atoms with Gasteiger partial charge in [-0.15, -0.1) is 0 Å². The number of carbonyl (C=O) groups excluding carboxylic acids is 1. The van der Waals surface area contributed by atoms with Crippen molar-refractivity contribution in [1.82, 2.24) is 0 Å². The number of rotatable bonds is 8. The van der Waals surface area contributed by atoms with E-state index in [1.54, 1.807) is 6.92 Å². The minimum atomic E-state index is -0.337. The fraction of sp³-hybridized carbons (Fsp3) is 0.462. The zero-order valence-corrected chi connectivity index (χ0v) is 10.1. The summed E-state index contributed by atoms with van der Waals surface area (Å²) < 4.78 is 15.2. The summed E-state index contributed by atoms with van der Waals surface area (Å²) in [6.45, 7) is 3.56. The molecule has 0 fully saturated rings. The molecule has 0 spiro atoms. The Balaban J connectivity index is 1.96. The van der Waals surface area contributed by atoms with Crippen molar-refractivity contribution in [2.75, 3.05) is 26.4 Å². The Labute approximate surface area is 101 Å². The number of ether oxygens (including phenoxy) is 3. The molecule has 0 unspecified atom stereocenters. The summed E-state index contributed by atoms with van der Waals surface area (Å²) in [5.41, 5.74) is 1.12. The predicted octanol–water partition coefficient (Wildman–Crippen LogP) is 1.78.